The number of amides is 1. The average Bonchev–Trinajstić information content (AvgIpc) is 2.88. The number of carbonyl (C=O) groups excluding carboxylic acids is 2. The maximum atomic E-state index is 12.3. The van der Waals surface area contributed by atoms with Gasteiger partial charge < -0.3 is 15.0 Å². The number of H-pyrrole nitrogens is 1. The van der Waals surface area contributed by atoms with Crippen LogP contribution in [-0.2, 0) is 0 Å². The lowest BCUT2D eigenvalue weighted by atomic mass is 9.99. The Balaban J connectivity index is 2.12. The number of aldehydes is 1. The van der Waals surface area contributed by atoms with E-state index in [1.807, 2.05) is 0 Å². The van der Waals surface area contributed by atoms with Crippen molar-refractivity contribution in [3.63, 3.8) is 0 Å². The molecule has 98 valence electrons. The third kappa shape index (κ3) is 2.61. The van der Waals surface area contributed by atoms with E-state index in [2.05, 4.69) is 4.98 Å². The largest absolute Gasteiger partial charge is 0.396 e. The molecule has 1 aromatic rings. The molecule has 0 spiro atoms. The number of aromatic amines is 1. The molecule has 0 aromatic carbocycles. The maximum Gasteiger partial charge on any atom is 0.270 e. The van der Waals surface area contributed by atoms with Gasteiger partial charge in [0, 0.05) is 19.2 Å². The van der Waals surface area contributed by atoms with E-state index < -0.39 is 0 Å². The van der Waals surface area contributed by atoms with E-state index in [4.69, 9.17) is 5.11 Å². The topological polar surface area (TPSA) is 73.4 Å². The highest BCUT2D eigenvalue weighted by molar-refractivity contribution is 5.94. The second-order valence-corrected chi connectivity index (χ2v) is 4.61. The smallest absolute Gasteiger partial charge is 0.270 e. The number of likely N-dealkylation sites (tertiary alicyclic amines) is 1. The summed E-state index contributed by atoms with van der Waals surface area (Å²) in [6.07, 6.45) is 4.34. The quantitative estimate of drug-likeness (QED) is 0.789. The van der Waals surface area contributed by atoms with Gasteiger partial charge in [-0.25, -0.2) is 0 Å². The Morgan fingerprint density at radius 3 is 3.00 bits per heavy atom. The van der Waals surface area contributed by atoms with E-state index in [0.29, 0.717) is 24.1 Å². The van der Waals surface area contributed by atoms with Crippen LogP contribution in [0, 0.1) is 0 Å². The molecule has 0 saturated carbocycles. The van der Waals surface area contributed by atoms with Crippen LogP contribution in [0.3, 0.4) is 0 Å². The fourth-order valence-electron chi connectivity index (χ4n) is 2.48. The van der Waals surface area contributed by atoms with Crippen LogP contribution in [-0.4, -0.2) is 46.4 Å². The Morgan fingerprint density at radius 2 is 2.33 bits per heavy atom. The monoisotopic (exact) mass is 250 g/mol. The van der Waals surface area contributed by atoms with Gasteiger partial charge in [-0.1, -0.05) is 0 Å². The number of carbonyl (C=O) groups is 2. The van der Waals surface area contributed by atoms with Gasteiger partial charge >= 0.3 is 0 Å². The molecule has 2 heterocycles. The van der Waals surface area contributed by atoms with Crippen molar-refractivity contribution in [1.29, 1.82) is 0 Å². The highest BCUT2D eigenvalue weighted by Gasteiger charge is 2.27. The van der Waals surface area contributed by atoms with Gasteiger partial charge in [0.25, 0.3) is 5.91 Å². The number of hydrogen-bond acceptors (Lipinski definition) is 3. The molecule has 1 aliphatic rings. The Kier molecular flexibility index (Phi) is 4.15. The van der Waals surface area contributed by atoms with E-state index >= 15 is 0 Å². The average molecular weight is 250 g/mol. The minimum Gasteiger partial charge on any atom is -0.396 e. The highest BCUT2D eigenvalue weighted by atomic mass is 16.3. The number of nitrogens with one attached hydrogen (secondary N) is 1. The molecular formula is C13H18N2O3. The van der Waals surface area contributed by atoms with Gasteiger partial charge in [-0.15, -0.1) is 0 Å². The van der Waals surface area contributed by atoms with Gasteiger partial charge in [0.15, 0.2) is 6.29 Å². The number of rotatable bonds is 4. The van der Waals surface area contributed by atoms with E-state index in [9.17, 15) is 9.59 Å². The SMILES string of the molecule is O=Cc1ccc(C(=O)N2CCCCC2CCO)[nH]1. The first-order valence-corrected chi connectivity index (χ1v) is 6.32. The summed E-state index contributed by atoms with van der Waals surface area (Å²) >= 11 is 0. The zero-order valence-corrected chi connectivity index (χ0v) is 10.3. The number of aromatic nitrogens is 1. The third-order valence-corrected chi connectivity index (χ3v) is 3.42. The molecule has 0 aliphatic carbocycles. The summed E-state index contributed by atoms with van der Waals surface area (Å²) < 4.78 is 0. The number of nitrogens with zero attached hydrogens (tertiary/aromatic N) is 1. The van der Waals surface area contributed by atoms with Crippen LogP contribution < -0.4 is 0 Å². The second kappa shape index (κ2) is 5.82. The molecule has 2 rings (SSSR count). The zero-order valence-electron chi connectivity index (χ0n) is 10.3. The van der Waals surface area contributed by atoms with Crippen molar-refractivity contribution in [2.75, 3.05) is 13.2 Å². The van der Waals surface area contributed by atoms with Crippen LogP contribution in [0.25, 0.3) is 0 Å². The summed E-state index contributed by atoms with van der Waals surface area (Å²) in [5, 5.41) is 9.04. The summed E-state index contributed by atoms with van der Waals surface area (Å²) in [6.45, 7) is 0.817. The number of hydrogen-bond donors (Lipinski definition) is 2. The molecular weight excluding hydrogens is 232 g/mol. The van der Waals surface area contributed by atoms with Gasteiger partial charge in [-0.2, -0.15) is 0 Å². The fraction of sp³-hybridized carbons (Fsp3) is 0.538. The summed E-state index contributed by atoms with van der Waals surface area (Å²) in [5.74, 6) is -0.0822. The van der Waals surface area contributed by atoms with E-state index in [-0.39, 0.29) is 18.6 Å². The molecule has 1 saturated heterocycles. The molecule has 1 fully saturated rings. The van der Waals surface area contributed by atoms with Crippen LogP contribution in [0.4, 0.5) is 0 Å². The second-order valence-electron chi connectivity index (χ2n) is 4.61. The molecule has 1 amide bonds. The standard InChI is InChI=1S/C13H18N2O3/c16-8-6-11-3-1-2-7-15(11)13(18)12-5-4-10(9-17)14-12/h4-5,9,11,14,16H,1-3,6-8H2. The fourth-order valence-corrected chi connectivity index (χ4v) is 2.48. The van der Waals surface area contributed by atoms with Gasteiger partial charge in [0.05, 0.1) is 5.69 Å². The number of piperidine rings is 1. The Bertz CT molecular complexity index is 426. The molecule has 1 atom stereocenters. The van der Waals surface area contributed by atoms with Crippen LogP contribution >= 0.6 is 0 Å². The first kappa shape index (κ1) is 12.8. The molecule has 5 heteroatoms. The van der Waals surface area contributed by atoms with Crippen molar-refractivity contribution in [3.8, 4) is 0 Å². The molecule has 2 N–H and O–H groups in total. The molecule has 1 aliphatic heterocycles. The summed E-state index contributed by atoms with van der Waals surface area (Å²) in [6, 6.07) is 3.35. The predicted molar refractivity (Wildman–Crippen MR) is 66.6 cm³/mol. The molecule has 1 aromatic heterocycles. The van der Waals surface area contributed by atoms with Gasteiger partial charge in [0.1, 0.15) is 5.69 Å². The minimum atomic E-state index is -0.0822. The van der Waals surface area contributed by atoms with Gasteiger partial charge in [-0.3, -0.25) is 9.59 Å². The highest BCUT2D eigenvalue weighted by Crippen LogP contribution is 2.21. The lowest BCUT2D eigenvalue weighted by Gasteiger charge is -2.35. The minimum absolute atomic E-state index is 0.0822. The van der Waals surface area contributed by atoms with Crippen molar-refractivity contribution in [2.45, 2.75) is 31.7 Å². The Morgan fingerprint density at radius 1 is 1.50 bits per heavy atom. The van der Waals surface area contributed by atoms with Crippen LogP contribution in [0.2, 0.25) is 0 Å². The van der Waals surface area contributed by atoms with E-state index in [1.54, 1.807) is 17.0 Å². The summed E-state index contributed by atoms with van der Waals surface area (Å²) in [5.41, 5.74) is 0.857. The van der Waals surface area contributed by atoms with Crippen molar-refractivity contribution < 1.29 is 14.7 Å². The van der Waals surface area contributed by atoms with E-state index in [1.165, 1.54) is 0 Å². The van der Waals surface area contributed by atoms with Crippen molar-refractivity contribution in [1.82, 2.24) is 9.88 Å². The van der Waals surface area contributed by atoms with Crippen LogP contribution in [0.1, 0.15) is 46.7 Å². The lowest BCUT2D eigenvalue weighted by molar-refractivity contribution is 0.0569. The molecule has 1 unspecified atom stereocenters. The third-order valence-electron chi connectivity index (χ3n) is 3.42. The van der Waals surface area contributed by atoms with Crippen molar-refractivity contribution in [3.05, 3.63) is 23.5 Å². The molecule has 0 bridgehead atoms. The van der Waals surface area contributed by atoms with Crippen molar-refractivity contribution in [2.24, 2.45) is 0 Å². The van der Waals surface area contributed by atoms with Crippen LogP contribution in [0.15, 0.2) is 12.1 Å². The van der Waals surface area contributed by atoms with E-state index in [0.717, 1.165) is 25.8 Å². The van der Waals surface area contributed by atoms with Gasteiger partial charge in [0.2, 0.25) is 0 Å². The number of aliphatic hydroxyl groups excluding tert-OH is 1. The maximum absolute atomic E-state index is 12.3. The summed E-state index contributed by atoms with van der Waals surface area (Å²) in [7, 11) is 0. The van der Waals surface area contributed by atoms with Crippen molar-refractivity contribution >= 4 is 12.2 Å². The molecule has 18 heavy (non-hydrogen) atoms. The molecule has 5 nitrogen and oxygen atoms in total. The first-order chi connectivity index (χ1) is 8.76. The van der Waals surface area contributed by atoms with Crippen LogP contribution in [0.5, 0.6) is 0 Å². The van der Waals surface area contributed by atoms with Gasteiger partial charge in [-0.05, 0) is 37.8 Å². The summed E-state index contributed by atoms with van der Waals surface area (Å²) in [4.78, 5) is 27.5. The Hall–Kier alpha value is -1.62. The Labute approximate surface area is 106 Å². The predicted octanol–water partition coefficient (Wildman–Crippen LogP) is 1.20. The zero-order chi connectivity index (χ0) is 13.0. The molecule has 0 radical (unpaired) electrons. The normalized spacial score (nSPS) is 19.8. The number of aliphatic hydroxyl groups is 1. The first-order valence-electron chi connectivity index (χ1n) is 6.32. The lowest BCUT2D eigenvalue weighted by Crippen LogP contribution is -2.44.